The molecule has 0 spiro atoms. The molecule has 1 aliphatic heterocycles. The number of nitrogens with zero attached hydrogens (tertiary/aromatic N) is 3. The monoisotopic (exact) mass is 442 g/mol. The van der Waals surface area contributed by atoms with E-state index >= 15 is 0 Å². The Morgan fingerprint density at radius 3 is 2.61 bits per heavy atom. The number of aromatic nitrogens is 2. The van der Waals surface area contributed by atoms with Crippen molar-refractivity contribution in [2.24, 2.45) is 11.3 Å². The zero-order valence-electron chi connectivity index (χ0n) is 19.2. The Morgan fingerprint density at radius 1 is 1.06 bits per heavy atom. The van der Waals surface area contributed by atoms with E-state index in [1.54, 1.807) is 29.4 Å². The first-order valence-corrected chi connectivity index (χ1v) is 11.5. The fourth-order valence-electron chi connectivity index (χ4n) is 4.43. The summed E-state index contributed by atoms with van der Waals surface area (Å²) in [5, 5.41) is 3.14. The van der Waals surface area contributed by atoms with Gasteiger partial charge in [0.15, 0.2) is 0 Å². The Balaban J connectivity index is 1.65. The molecule has 1 aromatic carbocycles. The van der Waals surface area contributed by atoms with Gasteiger partial charge in [-0.3, -0.25) is 19.6 Å². The molecule has 33 heavy (non-hydrogen) atoms. The van der Waals surface area contributed by atoms with Crippen LogP contribution in [-0.4, -0.2) is 46.3 Å². The summed E-state index contributed by atoms with van der Waals surface area (Å²) in [6, 6.07) is 17.4. The molecule has 0 saturated carbocycles. The highest BCUT2D eigenvalue weighted by molar-refractivity contribution is 5.94. The predicted molar refractivity (Wildman–Crippen MR) is 128 cm³/mol. The molecule has 6 heteroatoms. The van der Waals surface area contributed by atoms with Crippen molar-refractivity contribution >= 4 is 11.8 Å². The third kappa shape index (κ3) is 5.11. The van der Waals surface area contributed by atoms with E-state index < -0.39 is 5.41 Å². The lowest BCUT2D eigenvalue weighted by molar-refractivity contribution is -0.130. The number of carbonyl (C=O) groups excluding carboxylic acids is 2. The molecule has 1 fully saturated rings. The van der Waals surface area contributed by atoms with E-state index in [1.807, 2.05) is 36.5 Å². The summed E-state index contributed by atoms with van der Waals surface area (Å²) in [7, 11) is 0. The van der Waals surface area contributed by atoms with Crippen molar-refractivity contribution in [2.45, 2.75) is 26.7 Å². The van der Waals surface area contributed by atoms with Gasteiger partial charge in [-0.05, 0) is 48.1 Å². The molecular formula is C27H30N4O2. The maximum atomic E-state index is 13.6. The van der Waals surface area contributed by atoms with E-state index in [2.05, 4.69) is 41.3 Å². The molecule has 1 N–H and O–H groups in total. The molecule has 1 unspecified atom stereocenters. The molecule has 0 aliphatic carbocycles. The van der Waals surface area contributed by atoms with Gasteiger partial charge in [-0.25, -0.2) is 0 Å². The van der Waals surface area contributed by atoms with Crippen molar-refractivity contribution in [3.63, 3.8) is 0 Å². The number of hydrogen-bond donors (Lipinski definition) is 1. The molecule has 0 radical (unpaired) electrons. The van der Waals surface area contributed by atoms with Crippen LogP contribution in [0.3, 0.4) is 0 Å². The second-order valence-electron chi connectivity index (χ2n) is 9.15. The third-order valence-corrected chi connectivity index (χ3v) is 6.20. The molecule has 1 aliphatic rings. The van der Waals surface area contributed by atoms with Crippen molar-refractivity contribution < 1.29 is 9.59 Å². The van der Waals surface area contributed by atoms with Crippen molar-refractivity contribution in [2.75, 3.05) is 19.6 Å². The quantitative estimate of drug-likeness (QED) is 0.600. The Labute approximate surface area is 195 Å². The van der Waals surface area contributed by atoms with Crippen LogP contribution in [-0.2, 0) is 11.2 Å². The van der Waals surface area contributed by atoms with Crippen LogP contribution < -0.4 is 5.32 Å². The van der Waals surface area contributed by atoms with E-state index in [9.17, 15) is 9.59 Å². The summed E-state index contributed by atoms with van der Waals surface area (Å²) >= 11 is 0. The van der Waals surface area contributed by atoms with Crippen LogP contribution in [0.25, 0.3) is 11.1 Å². The molecule has 0 bridgehead atoms. The maximum Gasteiger partial charge on any atom is 0.272 e. The maximum absolute atomic E-state index is 13.6. The SMILES string of the molecule is CC(C)CNC(=O)C1(Cc2ccccc2-c2cccnc2)CCN(C(=O)c2ccccn2)C1. The van der Waals surface area contributed by atoms with Crippen molar-refractivity contribution in [1.82, 2.24) is 20.2 Å². The van der Waals surface area contributed by atoms with Gasteiger partial charge in [0.2, 0.25) is 5.91 Å². The van der Waals surface area contributed by atoms with E-state index in [-0.39, 0.29) is 11.8 Å². The lowest BCUT2D eigenvalue weighted by Crippen LogP contribution is -2.46. The lowest BCUT2D eigenvalue weighted by atomic mass is 9.78. The fraction of sp³-hybridized carbons (Fsp3) is 0.333. The Kier molecular flexibility index (Phi) is 6.82. The van der Waals surface area contributed by atoms with Crippen LogP contribution in [0.15, 0.2) is 73.2 Å². The van der Waals surface area contributed by atoms with Gasteiger partial charge in [-0.2, -0.15) is 0 Å². The van der Waals surface area contributed by atoms with Gasteiger partial charge >= 0.3 is 0 Å². The molecule has 6 nitrogen and oxygen atoms in total. The Hall–Kier alpha value is -3.54. The molecule has 170 valence electrons. The van der Waals surface area contributed by atoms with Gasteiger partial charge in [0, 0.05) is 43.8 Å². The molecule has 2 amide bonds. The summed E-state index contributed by atoms with van der Waals surface area (Å²) in [6.45, 7) is 5.67. The summed E-state index contributed by atoms with van der Waals surface area (Å²) in [4.78, 5) is 36.9. The van der Waals surface area contributed by atoms with Gasteiger partial charge in [-0.15, -0.1) is 0 Å². The predicted octanol–water partition coefficient (Wildman–Crippen LogP) is 3.99. The Bertz CT molecular complexity index is 1100. The van der Waals surface area contributed by atoms with E-state index in [0.29, 0.717) is 44.1 Å². The van der Waals surface area contributed by atoms with Crippen LogP contribution in [0.2, 0.25) is 0 Å². The number of benzene rings is 1. The van der Waals surface area contributed by atoms with E-state index in [0.717, 1.165) is 16.7 Å². The van der Waals surface area contributed by atoms with Crippen LogP contribution in [0.1, 0.15) is 36.3 Å². The van der Waals surface area contributed by atoms with E-state index in [4.69, 9.17) is 0 Å². The fourth-order valence-corrected chi connectivity index (χ4v) is 4.43. The standard InChI is InChI=1S/C27H30N4O2/c1-20(2)17-30-26(33)27(12-15-31(19-27)25(32)24-11-5-6-14-29-24)16-21-8-3-4-10-23(21)22-9-7-13-28-18-22/h3-11,13-14,18,20H,12,15-17,19H2,1-2H3,(H,30,33). The number of amides is 2. The van der Waals surface area contributed by atoms with Gasteiger partial charge in [0.05, 0.1) is 5.41 Å². The molecule has 1 atom stereocenters. The van der Waals surface area contributed by atoms with Crippen molar-refractivity contribution in [3.8, 4) is 11.1 Å². The summed E-state index contributed by atoms with van der Waals surface area (Å²) in [5.74, 6) is 0.226. The molecular weight excluding hydrogens is 412 g/mol. The van der Waals surface area contributed by atoms with Crippen molar-refractivity contribution in [3.05, 3.63) is 84.4 Å². The lowest BCUT2D eigenvalue weighted by Gasteiger charge is -2.29. The molecule has 2 aromatic heterocycles. The summed E-state index contributed by atoms with van der Waals surface area (Å²) in [6.07, 6.45) is 6.38. The zero-order valence-corrected chi connectivity index (χ0v) is 19.2. The van der Waals surface area contributed by atoms with Crippen LogP contribution in [0.5, 0.6) is 0 Å². The van der Waals surface area contributed by atoms with Crippen LogP contribution >= 0.6 is 0 Å². The minimum Gasteiger partial charge on any atom is -0.355 e. The molecule has 3 heterocycles. The van der Waals surface area contributed by atoms with Gasteiger partial charge in [0.25, 0.3) is 5.91 Å². The number of nitrogens with one attached hydrogen (secondary N) is 1. The topological polar surface area (TPSA) is 75.2 Å². The van der Waals surface area contributed by atoms with Gasteiger partial charge in [0.1, 0.15) is 5.69 Å². The largest absolute Gasteiger partial charge is 0.355 e. The normalized spacial score (nSPS) is 17.8. The van der Waals surface area contributed by atoms with Crippen LogP contribution in [0.4, 0.5) is 0 Å². The Morgan fingerprint density at radius 2 is 1.88 bits per heavy atom. The first-order chi connectivity index (χ1) is 16.0. The average Bonchev–Trinajstić information content (AvgIpc) is 3.28. The van der Waals surface area contributed by atoms with E-state index in [1.165, 1.54) is 0 Å². The molecule has 1 saturated heterocycles. The highest BCUT2D eigenvalue weighted by Crippen LogP contribution is 2.38. The first-order valence-electron chi connectivity index (χ1n) is 11.5. The second-order valence-corrected chi connectivity index (χ2v) is 9.15. The third-order valence-electron chi connectivity index (χ3n) is 6.20. The van der Waals surface area contributed by atoms with Gasteiger partial charge in [-0.1, -0.05) is 50.2 Å². The number of likely N-dealkylation sites (tertiary alicyclic amines) is 1. The highest BCUT2D eigenvalue weighted by Gasteiger charge is 2.46. The minimum atomic E-state index is -0.697. The number of hydrogen-bond acceptors (Lipinski definition) is 4. The highest BCUT2D eigenvalue weighted by atomic mass is 16.2. The van der Waals surface area contributed by atoms with Crippen LogP contribution in [0, 0.1) is 11.3 Å². The number of pyridine rings is 2. The summed E-state index contributed by atoms with van der Waals surface area (Å²) in [5.41, 5.74) is 2.88. The molecule has 4 rings (SSSR count). The van der Waals surface area contributed by atoms with Gasteiger partial charge < -0.3 is 10.2 Å². The first kappa shape index (κ1) is 22.6. The summed E-state index contributed by atoms with van der Waals surface area (Å²) < 4.78 is 0. The second kappa shape index (κ2) is 9.94. The van der Waals surface area contributed by atoms with Crippen molar-refractivity contribution in [1.29, 1.82) is 0 Å². The smallest absolute Gasteiger partial charge is 0.272 e. The molecule has 3 aromatic rings. The number of carbonyl (C=O) groups is 2. The minimum absolute atomic E-state index is 0.00788. The zero-order chi connectivity index (χ0) is 23.3. The number of rotatable bonds is 7. The average molecular weight is 443 g/mol.